The highest BCUT2D eigenvalue weighted by Crippen LogP contribution is 2.25. The van der Waals surface area contributed by atoms with Gasteiger partial charge in [-0.3, -0.25) is 10.1 Å². The minimum atomic E-state index is -0.504. The van der Waals surface area contributed by atoms with Crippen molar-refractivity contribution < 1.29 is 4.92 Å². The van der Waals surface area contributed by atoms with Gasteiger partial charge in [-0.2, -0.15) is 15.0 Å². The van der Waals surface area contributed by atoms with Crippen molar-refractivity contribution in [2.24, 2.45) is 5.11 Å². The van der Waals surface area contributed by atoms with E-state index in [4.69, 9.17) is 5.53 Å². The SMILES string of the molecule is [N-]=[N+]=Nc1ccc([N+](=O)[O-])cc1Cn1nc2ccccc2n1. The highest BCUT2D eigenvalue weighted by Gasteiger charge is 2.12. The maximum absolute atomic E-state index is 10.9. The van der Waals surface area contributed by atoms with Crippen LogP contribution in [0.2, 0.25) is 0 Å². The molecule has 0 saturated heterocycles. The third-order valence-electron chi connectivity index (χ3n) is 3.07. The number of hydrogen-bond acceptors (Lipinski definition) is 5. The standard InChI is InChI=1S/C13H9N7O2/c14-18-15-11-6-5-10(20(21)22)7-9(11)8-19-16-12-3-1-2-4-13(12)17-19/h1-7H,8H2. The number of aromatic nitrogens is 3. The van der Waals surface area contributed by atoms with Crippen molar-refractivity contribution in [3.05, 3.63) is 68.6 Å². The lowest BCUT2D eigenvalue weighted by atomic mass is 10.1. The van der Waals surface area contributed by atoms with Crippen molar-refractivity contribution in [3.63, 3.8) is 0 Å². The summed E-state index contributed by atoms with van der Waals surface area (Å²) < 4.78 is 0. The molecule has 0 aliphatic carbocycles. The minimum Gasteiger partial charge on any atom is -0.258 e. The van der Waals surface area contributed by atoms with E-state index in [-0.39, 0.29) is 12.2 Å². The molecule has 0 atom stereocenters. The van der Waals surface area contributed by atoms with Gasteiger partial charge in [-0.1, -0.05) is 17.2 Å². The van der Waals surface area contributed by atoms with Gasteiger partial charge >= 0.3 is 0 Å². The van der Waals surface area contributed by atoms with Gasteiger partial charge in [-0.05, 0) is 29.3 Å². The molecule has 0 N–H and O–H groups in total. The number of non-ortho nitro benzene ring substituents is 1. The summed E-state index contributed by atoms with van der Waals surface area (Å²) in [4.78, 5) is 14.5. The Balaban J connectivity index is 2.03. The van der Waals surface area contributed by atoms with Crippen molar-refractivity contribution in [2.45, 2.75) is 6.54 Å². The van der Waals surface area contributed by atoms with Crippen LogP contribution in [0.15, 0.2) is 47.6 Å². The zero-order chi connectivity index (χ0) is 15.5. The van der Waals surface area contributed by atoms with Gasteiger partial charge in [0.1, 0.15) is 11.0 Å². The fraction of sp³-hybridized carbons (Fsp3) is 0.0769. The van der Waals surface area contributed by atoms with Crippen molar-refractivity contribution in [3.8, 4) is 0 Å². The molecule has 1 aromatic heterocycles. The molecule has 22 heavy (non-hydrogen) atoms. The molecule has 0 unspecified atom stereocenters. The lowest BCUT2D eigenvalue weighted by molar-refractivity contribution is -0.384. The van der Waals surface area contributed by atoms with Crippen LogP contribution in [0, 0.1) is 10.1 Å². The quantitative estimate of drug-likeness (QED) is 0.241. The average Bonchev–Trinajstić information content (AvgIpc) is 2.91. The van der Waals surface area contributed by atoms with Crippen LogP contribution >= 0.6 is 0 Å². The average molecular weight is 295 g/mol. The molecule has 0 spiro atoms. The first-order valence-electron chi connectivity index (χ1n) is 6.29. The molecular weight excluding hydrogens is 286 g/mol. The van der Waals surface area contributed by atoms with Crippen LogP contribution in [0.4, 0.5) is 11.4 Å². The molecular formula is C13H9N7O2. The number of fused-ring (bicyclic) bond motifs is 1. The Kier molecular flexibility index (Phi) is 3.39. The van der Waals surface area contributed by atoms with Crippen LogP contribution in [0.1, 0.15) is 5.56 Å². The van der Waals surface area contributed by atoms with E-state index in [2.05, 4.69) is 20.2 Å². The van der Waals surface area contributed by atoms with E-state index < -0.39 is 4.92 Å². The fourth-order valence-corrected chi connectivity index (χ4v) is 2.09. The van der Waals surface area contributed by atoms with Crippen LogP contribution < -0.4 is 0 Å². The zero-order valence-corrected chi connectivity index (χ0v) is 11.2. The number of azide groups is 1. The maximum atomic E-state index is 10.9. The zero-order valence-electron chi connectivity index (χ0n) is 11.2. The Morgan fingerprint density at radius 3 is 2.50 bits per heavy atom. The van der Waals surface area contributed by atoms with Crippen molar-refractivity contribution in [1.82, 2.24) is 15.0 Å². The molecule has 108 valence electrons. The number of nitro groups is 1. The first-order chi connectivity index (χ1) is 10.7. The first-order valence-corrected chi connectivity index (χ1v) is 6.29. The van der Waals surface area contributed by atoms with Crippen molar-refractivity contribution in [1.29, 1.82) is 0 Å². The molecule has 0 radical (unpaired) electrons. The van der Waals surface area contributed by atoms with E-state index in [9.17, 15) is 10.1 Å². The number of rotatable bonds is 4. The Morgan fingerprint density at radius 1 is 1.23 bits per heavy atom. The van der Waals surface area contributed by atoms with Crippen molar-refractivity contribution in [2.75, 3.05) is 0 Å². The molecule has 3 aromatic rings. The lowest BCUT2D eigenvalue weighted by Crippen LogP contribution is -2.04. The molecule has 0 saturated carbocycles. The van der Waals surface area contributed by atoms with Crippen LogP contribution in [-0.2, 0) is 6.54 Å². The summed E-state index contributed by atoms with van der Waals surface area (Å²) in [5.41, 5.74) is 10.7. The molecule has 3 rings (SSSR count). The molecule has 0 bridgehead atoms. The molecule has 0 aliphatic heterocycles. The summed E-state index contributed by atoms with van der Waals surface area (Å²) in [5, 5.41) is 23.0. The predicted octanol–water partition coefficient (Wildman–Crippen LogP) is 3.33. The number of hydrogen-bond donors (Lipinski definition) is 0. The van der Waals surface area contributed by atoms with Crippen LogP contribution in [-0.4, -0.2) is 19.9 Å². The van der Waals surface area contributed by atoms with E-state index in [1.807, 2.05) is 24.3 Å². The van der Waals surface area contributed by atoms with Gasteiger partial charge in [0.2, 0.25) is 0 Å². The summed E-state index contributed by atoms with van der Waals surface area (Å²) in [6, 6.07) is 11.4. The van der Waals surface area contributed by atoms with Crippen LogP contribution in [0.25, 0.3) is 21.5 Å². The second kappa shape index (κ2) is 5.51. The summed E-state index contributed by atoms with van der Waals surface area (Å²) in [6.45, 7) is 0.171. The van der Waals surface area contributed by atoms with E-state index in [0.29, 0.717) is 11.3 Å². The smallest absolute Gasteiger partial charge is 0.258 e. The second-order valence-electron chi connectivity index (χ2n) is 4.48. The number of nitrogens with zero attached hydrogens (tertiary/aromatic N) is 7. The normalized spacial score (nSPS) is 10.4. The second-order valence-corrected chi connectivity index (χ2v) is 4.48. The minimum absolute atomic E-state index is 0.0800. The molecule has 9 heteroatoms. The first kappa shape index (κ1) is 13.5. The van der Waals surface area contributed by atoms with Gasteiger partial charge in [0.05, 0.1) is 11.5 Å². The summed E-state index contributed by atoms with van der Waals surface area (Å²) in [6.07, 6.45) is 0. The van der Waals surface area contributed by atoms with Gasteiger partial charge in [-0.25, -0.2) is 0 Å². The van der Waals surface area contributed by atoms with Crippen molar-refractivity contribution >= 4 is 22.4 Å². The van der Waals surface area contributed by atoms with Gasteiger partial charge in [0.15, 0.2) is 0 Å². The highest BCUT2D eigenvalue weighted by atomic mass is 16.6. The van der Waals surface area contributed by atoms with Gasteiger partial charge < -0.3 is 0 Å². The van der Waals surface area contributed by atoms with E-state index >= 15 is 0 Å². The monoisotopic (exact) mass is 295 g/mol. The molecule has 1 heterocycles. The third-order valence-corrected chi connectivity index (χ3v) is 3.07. The lowest BCUT2D eigenvalue weighted by Gasteiger charge is -2.04. The molecule has 0 amide bonds. The maximum Gasteiger partial charge on any atom is 0.269 e. The molecule has 9 nitrogen and oxygen atoms in total. The van der Waals surface area contributed by atoms with Gasteiger partial charge in [-0.15, -0.1) is 0 Å². The topological polar surface area (TPSA) is 123 Å². The summed E-state index contributed by atoms with van der Waals surface area (Å²) in [5.74, 6) is 0. The number of nitro benzene ring substituents is 1. The van der Waals surface area contributed by atoms with Crippen LogP contribution in [0.5, 0.6) is 0 Å². The van der Waals surface area contributed by atoms with Crippen LogP contribution in [0.3, 0.4) is 0 Å². The molecule has 0 aliphatic rings. The molecule has 0 fully saturated rings. The van der Waals surface area contributed by atoms with Gasteiger partial charge in [0, 0.05) is 22.7 Å². The summed E-state index contributed by atoms with van der Waals surface area (Å²) >= 11 is 0. The van der Waals surface area contributed by atoms with E-state index in [0.717, 1.165) is 11.0 Å². The number of benzene rings is 2. The largest absolute Gasteiger partial charge is 0.269 e. The third kappa shape index (κ3) is 2.56. The van der Waals surface area contributed by atoms with E-state index in [1.54, 1.807) is 0 Å². The Labute approximate surface area is 123 Å². The predicted molar refractivity (Wildman–Crippen MR) is 78.5 cm³/mol. The highest BCUT2D eigenvalue weighted by molar-refractivity contribution is 5.73. The molecule has 2 aromatic carbocycles. The van der Waals surface area contributed by atoms with E-state index in [1.165, 1.54) is 23.0 Å². The van der Waals surface area contributed by atoms with Gasteiger partial charge in [0.25, 0.3) is 5.69 Å². The Morgan fingerprint density at radius 2 is 1.91 bits per heavy atom. The fourth-order valence-electron chi connectivity index (χ4n) is 2.09. The Hall–Kier alpha value is -3.45. The Bertz CT molecular complexity index is 879. The summed E-state index contributed by atoms with van der Waals surface area (Å²) in [7, 11) is 0.